The number of hydrogen-bond donors (Lipinski definition) is 1. The van der Waals surface area contributed by atoms with Crippen LogP contribution in [-0.2, 0) is 4.74 Å². The molecule has 1 heterocycles. The first kappa shape index (κ1) is 19.6. The molecule has 1 N–H and O–H groups in total. The molecule has 5 nitrogen and oxygen atoms in total. The predicted octanol–water partition coefficient (Wildman–Crippen LogP) is 3.99. The van der Waals surface area contributed by atoms with Crippen LogP contribution in [0.4, 0.5) is 4.79 Å². The van der Waals surface area contributed by atoms with Crippen molar-refractivity contribution in [3.8, 4) is 5.75 Å². The maximum atomic E-state index is 12.3. The molecule has 1 amide bonds. The van der Waals surface area contributed by atoms with Gasteiger partial charge in [0.1, 0.15) is 11.4 Å². The molecule has 25 heavy (non-hydrogen) atoms. The Morgan fingerprint density at radius 1 is 1.36 bits per heavy atom. The molecule has 5 heteroatoms. The lowest BCUT2D eigenvalue weighted by molar-refractivity contribution is 0.0285. The minimum atomic E-state index is -0.460. The normalized spacial score (nSPS) is 18.9. The minimum absolute atomic E-state index is 0.153. The van der Waals surface area contributed by atoms with E-state index in [-0.39, 0.29) is 12.1 Å². The molecule has 2 rings (SSSR count). The van der Waals surface area contributed by atoms with Gasteiger partial charge in [0.2, 0.25) is 0 Å². The van der Waals surface area contributed by atoms with Crippen molar-refractivity contribution in [1.29, 1.82) is 0 Å². The van der Waals surface area contributed by atoms with Gasteiger partial charge >= 0.3 is 6.09 Å². The molecule has 0 aliphatic carbocycles. The highest BCUT2D eigenvalue weighted by Gasteiger charge is 2.35. The van der Waals surface area contributed by atoms with Gasteiger partial charge in [-0.1, -0.05) is 25.1 Å². The van der Waals surface area contributed by atoms with Gasteiger partial charge in [-0.3, -0.25) is 0 Å². The highest BCUT2D eigenvalue weighted by molar-refractivity contribution is 5.68. The van der Waals surface area contributed by atoms with Crippen molar-refractivity contribution in [3.63, 3.8) is 0 Å². The summed E-state index contributed by atoms with van der Waals surface area (Å²) in [4.78, 5) is 14.1. The fourth-order valence-corrected chi connectivity index (χ4v) is 3.28. The lowest BCUT2D eigenvalue weighted by Gasteiger charge is -2.27. The first-order valence-electron chi connectivity index (χ1n) is 9.22. The van der Waals surface area contributed by atoms with Crippen molar-refractivity contribution in [1.82, 2.24) is 10.2 Å². The van der Waals surface area contributed by atoms with Gasteiger partial charge in [0.15, 0.2) is 0 Å². The molecule has 2 unspecified atom stereocenters. The van der Waals surface area contributed by atoms with Crippen LogP contribution in [0.1, 0.15) is 52.1 Å². The number of amides is 1. The molecule has 1 aliphatic rings. The van der Waals surface area contributed by atoms with Crippen LogP contribution in [0.25, 0.3) is 0 Å². The van der Waals surface area contributed by atoms with Gasteiger partial charge < -0.3 is 19.7 Å². The molecule has 140 valence electrons. The molecule has 2 atom stereocenters. The Morgan fingerprint density at radius 3 is 2.72 bits per heavy atom. The van der Waals surface area contributed by atoms with Crippen LogP contribution in [0.2, 0.25) is 0 Å². The van der Waals surface area contributed by atoms with Gasteiger partial charge in [-0.2, -0.15) is 0 Å². The number of benzene rings is 1. The number of para-hydroxylation sites is 1. The van der Waals surface area contributed by atoms with Crippen molar-refractivity contribution in [3.05, 3.63) is 29.8 Å². The second kappa shape index (κ2) is 8.56. The SMILES string of the molecule is CCCOc1ccccc1C(NC)C1CCN(C(=O)OC(C)(C)C)C1. The van der Waals surface area contributed by atoms with Crippen molar-refractivity contribution in [2.75, 3.05) is 26.7 Å². The number of hydrogen-bond acceptors (Lipinski definition) is 4. The third-order valence-corrected chi connectivity index (χ3v) is 4.37. The second-order valence-electron chi connectivity index (χ2n) is 7.63. The maximum Gasteiger partial charge on any atom is 0.410 e. The largest absolute Gasteiger partial charge is 0.493 e. The molecule has 1 aromatic rings. The third-order valence-electron chi connectivity index (χ3n) is 4.37. The lowest BCUT2D eigenvalue weighted by atomic mass is 9.91. The number of rotatable bonds is 6. The standard InChI is InChI=1S/C20H32N2O3/c1-6-13-24-17-10-8-7-9-16(17)18(21-5)15-11-12-22(14-15)19(23)25-20(2,3)4/h7-10,15,18,21H,6,11-14H2,1-5H3. The summed E-state index contributed by atoms with van der Waals surface area (Å²) in [5, 5.41) is 3.43. The summed E-state index contributed by atoms with van der Waals surface area (Å²) in [6, 6.07) is 8.33. The summed E-state index contributed by atoms with van der Waals surface area (Å²) in [5.41, 5.74) is 0.701. The van der Waals surface area contributed by atoms with E-state index in [4.69, 9.17) is 9.47 Å². The zero-order chi connectivity index (χ0) is 18.4. The van der Waals surface area contributed by atoms with Crippen LogP contribution in [0.5, 0.6) is 5.75 Å². The smallest absolute Gasteiger partial charge is 0.410 e. The van der Waals surface area contributed by atoms with E-state index >= 15 is 0 Å². The zero-order valence-electron chi connectivity index (χ0n) is 16.2. The molecule has 1 fully saturated rings. The average Bonchev–Trinajstić information content (AvgIpc) is 3.03. The van der Waals surface area contributed by atoms with E-state index < -0.39 is 5.60 Å². The van der Waals surface area contributed by atoms with E-state index in [1.807, 2.05) is 50.9 Å². The third kappa shape index (κ3) is 5.36. The summed E-state index contributed by atoms with van der Waals surface area (Å²) in [6.45, 7) is 9.94. The summed E-state index contributed by atoms with van der Waals surface area (Å²) in [5.74, 6) is 1.27. The van der Waals surface area contributed by atoms with Crippen LogP contribution in [0.15, 0.2) is 24.3 Å². The molecule has 1 aromatic carbocycles. The highest BCUT2D eigenvalue weighted by Crippen LogP contribution is 2.35. The number of likely N-dealkylation sites (tertiary alicyclic amines) is 1. The average molecular weight is 348 g/mol. The predicted molar refractivity (Wildman–Crippen MR) is 99.9 cm³/mol. The molecule has 0 bridgehead atoms. The topological polar surface area (TPSA) is 50.8 Å². The molecular weight excluding hydrogens is 316 g/mol. The number of carbonyl (C=O) groups excluding carboxylic acids is 1. The van der Waals surface area contributed by atoms with Gasteiger partial charge in [0, 0.05) is 24.7 Å². The number of nitrogens with zero attached hydrogens (tertiary/aromatic N) is 1. The van der Waals surface area contributed by atoms with Crippen LogP contribution < -0.4 is 10.1 Å². The second-order valence-corrected chi connectivity index (χ2v) is 7.63. The van der Waals surface area contributed by atoms with E-state index in [2.05, 4.69) is 18.3 Å². The van der Waals surface area contributed by atoms with Crippen molar-refractivity contribution >= 4 is 6.09 Å². The van der Waals surface area contributed by atoms with E-state index in [1.54, 1.807) is 0 Å². The summed E-state index contributed by atoms with van der Waals surface area (Å²) in [7, 11) is 1.97. The Hall–Kier alpha value is -1.75. The first-order valence-corrected chi connectivity index (χ1v) is 9.22. The van der Waals surface area contributed by atoms with Gasteiger partial charge in [0.25, 0.3) is 0 Å². The molecule has 0 aromatic heterocycles. The van der Waals surface area contributed by atoms with Crippen LogP contribution >= 0.6 is 0 Å². The quantitative estimate of drug-likeness (QED) is 0.844. The summed E-state index contributed by atoms with van der Waals surface area (Å²) < 4.78 is 11.4. The molecule has 0 spiro atoms. The number of nitrogens with one attached hydrogen (secondary N) is 1. The molecular formula is C20H32N2O3. The Morgan fingerprint density at radius 2 is 2.08 bits per heavy atom. The lowest BCUT2D eigenvalue weighted by Crippen LogP contribution is -2.36. The van der Waals surface area contributed by atoms with Crippen LogP contribution in [-0.4, -0.2) is 43.3 Å². The number of ether oxygens (including phenoxy) is 2. The minimum Gasteiger partial charge on any atom is -0.493 e. The van der Waals surface area contributed by atoms with Gasteiger partial charge in [-0.05, 0) is 52.6 Å². The summed E-state index contributed by atoms with van der Waals surface area (Å²) in [6.07, 6.45) is 1.71. The van der Waals surface area contributed by atoms with Crippen LogP contribution in [0.3, 0.4) is 0 Å². The van der Waals surface area contributed by atoms with E-state index in [0.717, 1.165) is 30.7 Å². The van der Waals surface area contributed by atoms with Crippen LogP contribution in [0, 0.1) is 5.92 Å². The van der Waals surface area contributed by atoms with Gasteiger partial charge in [-0.25, -0.2) is 4.79 Å². The Bertz CT molecular complexity index is 568. The van der Waals surface area contributed by atoms with E-state index in [9.17, 15) is 4.79 Å². The number of carbonyl (C=O) groups is 1. The van der Waals surface area contributed by atoms with E-state index in [0.29, 0.717) is 19.1 Å². The molecule has 1 saturated heterocycles. The summed E-state index contributed by atoms with van der Waals surface area (Å²) >= 11 is 0. The maximum absolute atomic E-state index is 12.3. The Labute approximate surface area is 151 Å². The molecule has 0 radical (unpaired) electrons. The van der Waals surface area contributed by atoms with Crippen molar-refractivity contribution in [2.45, 2.75) is 52.2 Å². The van der Waals surface area contributed by atoms with Gasteiger partial charge in [-0.15, -0.1) is 0 Å². The first-order chi connectivity index (χ1) is 11.9. The molecule has 1 aliphatic heterocycles. The fraction of sp³-hybridized carbons (Fsp3) is 0.650. The van der Waals surface area contributed by atoms with Crippen molar-refractivity contribution in [2.24, 2.45) is 5.92 Å². The molecule has 0 saturated carbocycles. The van der Waals surface area contributed by atoms with Crippen molar-refractivity contribution < 1.29 is 14.3 Å². The van der Waals surface area contributed by atoms with E-state index in [1.165, 1.54) is 0 Å². The monoisotopic (exact) mass is 348 g/mol. The Balaban J connectivity index is 2.08. The van der Waals surface area contributed by atoms with Gasteiger partial charge in [0.05, 0.1) is 6.61 Å². The zero-order valence-corrected chi connectivity index (χ0v) is 16.2. The Kier molecular flexibility index (Phi) is 6.71. The fourth-order valence-electron chi connectivity index (χ4n) is 3.28. The highest BCUT2D eigenvalue weighted by atomic mass is 16.6.